The molecule has 0 bridgehead atoms. The van der Waals surface area contributed by atoms with Crippen molar-refractivity contribution in [1.82, 2.24) is 25.5 Å². The average molecular weight is 285 g/mol. The van der Waals surface area contributed by atoms with Crippen LogP contribution >= 0.6 is 0 Å². The Morgan fingerprint density at radius 3 is 2.43 bits per heavy atom. The van der Waals surface area contributed by atoms with Gasteiger partial charge in [-0.05, 0) is 56.2 Å². The Morgan fingerprint density at radius 2 is 1.81 bits per heavy atom. The molecule has 2 aromatic rings. The van der Waals surface area contributed by atoms with Gasteiger partial charge in [0.05, 0.1) is 11.2 Å². The van der Waals surface area contributed by atoms with E-state index in [1.54, 1.807) is 0 Å². The molecule has 1 saturated carbocycles. The Bertz CT molecular complexity index is 593. The van der Waals surface area contributed by atoms with Crippen LogP contribution in [0.5, 0.6) is 0 Å². The van der Waals surface area contributed by atoms with Crippen LogP contribution in [-0.2, 0) is 5.54 Å². The van der Waals surface area contributed by atoms with E-state index in [1.807, 2.05) is 4.68 Å². The van der Waals surface area contributed by atoms with Gasteiger partial charge in [-0.25, -0.2) is 0 Å². The van der Waals surface area contributed by atoms with E-state index in [4.69, 9.17) is 0 Å². The minimum atomic E-state index is -0.0947. The minimum absolute atomic E-state index is 0.0947. The Kier molecular flexibility index (Phi) is 3.76. The molecule has 0 atom stereocenters. The van der Waals surface area contributed by atoms with Gasteiger partial charge >= 0.3 is 0 Å². The van der Waals surface area contributed by atoms with Crippen LogP contribution in [0.3, 0.4) is 0 Å². The van der Waals surface area contributed by atoms with Crippen molar-refractivity contribution in [2.45, 2.75) is 58.0 Å². The third-order valence-electron chi connectivity index (χ3n) is 4.20. The summed E-state index contributed by atoms with van der Waals surface area (Å²) in [6.07, 6.45) is 4.63. The summed E-state index contributed by atoms with van der Waals surface area (Å²) in [4.78, 5) is 0. The molecule has 0 aliphatic heterocycles. The fourth-order valence-corrected chi connectivity index (χ4v) is 3.31. The number of aromatic nitrogens is 4. The number of benzene rings is 1. The fraction of sp³-hybridized carbons (Fsp3) is 0.562. The summed E-state index contributed by atoms with van der Waals surface area (Å²) < 4.78 is 1.89. The second kappa shape index (κ2) is 5.56. The first-order chi connectivity index (χ1) is 10.1. The molecule has 5 heteroatoms. The molecule has 1 aliphatic carbocycles. The van der Waals surface area contributed by atoms with Gasteiger partial charge in [-0.3, -0.25) is 0 Å². The van der Waals surface area contributed by atoms with Crippen molar-refractivity contribution in [2.24, 2.45) is 0 Å². The molecule has 1 N–H and O–H groups in total. The van der Waals surface area contributed by atoms with Crippen LogP contribution in [0.2, 0.25) is 0 Å². The van der Waals surface area contributed by atoms with Crippen LogP contribution in [0, 0.1) is 6.92 Å². The molecule has 112 valence electrons. The molecule has 0 unspecified atom stereocenters. The number of tetrazole rings is 1. The number of nitrogens with one attached hydrogen (secondary N) is 1. The Hall–Kier alpha value is -1.75. The van der Waals surface area contributed by atoms with Gasteiger partial charge in [0.25, 0.3) is 0 Å². The second-order valence-electron chi connectivity index (χ2n) is 6.34. The molecular formula is C16H23N5. The molecule has 1 fully saturated rings. The molecule has 0 radical (unpaired) electrons. The van der Waals surface area contributed by atoms with Gasteiger partial charge in [0.1, 0.15) is 0 Å². The molecule has 1 aromatic heterocycles. The van der Waals surface area contributed by atoms with E-state index in [1.165, 1.54) is 18.4 Å². The SMILES string of the molecule is Cc1ccc(-n2nnnc2C2(NC(C)C)CCCC2)cc1. The fourth-order valence-electron chi connectivity index (χ4n) is 3.31. The van der Waals surface area contributed by atoms with Gasteiger partial charge < -0.3 is 5.32 Å². The first kappa shape index (κ1) is 14.2. The van der Waals surface area contributed by atoms with Crippen molar-refractivity contribution in [3.05, 3.63) is 35.7 Å². The smallest absolute Gasteiger partial charge is 0.176 e. The zero-order valence-corrected chi connectivity index (χ0v) is 13.0. The molecule has 1 heterocycles. The molecule has 21 heavy (non-hydrogen) atoms. The summed E-state index contributed by atoms with van der Waals surface area (Å²) >= 11 is 0. The van der Waals surface area contributed by atoms with Crippen LogP contribution in [0.25, 0.3) is 5.69 Å². The monoisotopic (exact) mass is 285 g/mol. The summed E-state index contributed by atoms with van der Waals surface area (Å²) in [5.74, 6) is 0.942. The maximum Gasteiger partial charge on any atom is 0.176 e. The predicted octanol–water partition coefficient (Wildman–Crippen LogP) is 2.74. The number of hydrogen-bond acceptors (Lipinski definition) is 4. The van der Waals surface area contributed by atoms with Gasteiger partial charge in [0.15, 0.2) is 5.82 Å². The van der Waals surface area contributed by atoms with E-state index < -0.39 is 0 Å². The van der Waals surface area contributed by atoms with E-state index in [0.29, 0.717) is 6.04 Å². The maximum atomic E-state index is 4.36. The quantitative estimate of drug-likeness (QED) is 0.938. The normalized spacial score (nSPS) is 17.5. The van der Waals surface area contributed by atoms with Crippen molar-refractivity contribution < 1.29 is 0 Å². The van der Waals surface area contributed by atoms with Crippen molar-refractivity contribution >= 4 is 0 Å². The lowest BCUT2D eigenvalue weighted by Crippen LogP contribution is -2.45. The number of aryl methyl sites for hydroxylation is 1. The molecule has 0 amide bonds. The Balaban J connectivity index is 2.02. The van der Waals surface area contributed by atoms with E-state index in [0.717, 1.165) is 24.4 Å². The van der Waals surface area contributed by atoms with Crippen molar-refractivity contribution in [2.75, 3.05) is 0 Å². The maximum absolute atomic E-state index is 4.36. The van der Waals surface area contributed by atoms with Crippen molar-refractivity contribution in [1.29, 1.82) is 0 Å². The molecule has 0 saturated heterocycles. The highest BCUT2D eigenvalue weighted by Crippen LogP contribution is 2.38. The third kappa shape index (κ3) is 2.70. The number of rotatable bonds is 4. The van der Waals surface area contributed by atoms with Crippen LogP contribution in [0.4, 0.5) is 0 Å². The van der Waals surface area contributed by atoms with E-state index in [9.17, 15) is 0 Å². The summed E-state index contributed by atoms with van der Waals surface area (Å²) in [7, 11) is 0. The minimum Gasteiger partial charge on any atom is -0.302 e. The predicted molar refractivity (Wildman–Crippen MR) is 82.3 cm³/mol. The number of nitrogens with zero attached hydrogens (tertiary/aromatic N) is 4. The summed E-state index contributed by atoms with van der Waals surface area (Å²) in [5, 5.41) is 16.2. The lowest BCUT2D eigenvalue weighted by molar-refractivity contribution is 0.289. The summed E-state index contributed by atoms with van der Waals surface area (Å²) in [6, 6.07) is 8.75. The summed E-state index contributed by atoms with van der Waals surface area (Å²) in [6.45, 7) is 6.45. The van der Waals surface area contributed by atoms with Gasteiger partial charge in [0.2, 0.25) is 0 Å². The third-order valence-corrected chi connectivity index (χ3v) is 4.20. The molecule has 3 rings (SSSR count). The molecule has 1 aliphatic rings. The van der Waals surface area contributed by atoms with Gasteiger partial charge in [0, 0.05) is 6.04 Å². The lowest BCUT2D eigenvalue weighted by atomic mass is 9.95. The standard InChI is InChI=1S/C16H23N5/c1-12(2)17-16(10-4-5-11-16)15-18-19-20-21(15)14-8-6-13(3)7-9-14/h6-9,12,17H,4-5,10-11H2,1-3H3. The van der Waals surface area contributed by atoms with Crippen molar-refractivity contribution in [3.63, 3.8) is 0 Å². The van der Waals surface area contributed by atoms with Crippen LogP contribution in [0.15, 0.2) is 24.3 Å². The highest BCUT2D eigenvalue weighted by Gasteiger charge is 2.40. The zero-order valence-electron chi connectivity index (χ0n) is 13.0. The summed E-state index contributed by atoms with van der Waals surface area (Å²) in [5.41, 5.74) is 2.17. The first-order valence-electron chi connectivity index (χ1n) is 7.74. The van der Waals surface area contributed by atoms with E-state index in [2.05, 4.69) is 65.9 Å². The Labute approximate surface area is 125 Å². The average Bonchev–Trinajstić information content (AvgIpc) is 3.08. The highest BCUT2D eigenvalue weighted by atomic mass is 15.6. The Morgan fingerprint density at radius 1 is 1.14 bits per heavy atom. The zero-order chi connectivity index (χ0) is 14.9. The van der Waals surface area contributed by atoms with Gasteiger partial charge in [-0.2, -0.15) is 4.68 Å². The molecule has 0 spiro atoms. The lowest BCUT2D eigenvalue weighted by Gasteiger charge is -2.31. The molecule has 5 nitrogen and oxygen atoms in total. The van der Waals surface area contributed by atoms with Crippen LogP contribution in [-0.4, -0.2) is 26.2 Å². The number of hydrogen-bond donors (Lipinski definition) is 1. The molecule has 1 aromatic carbocycles. The van der Waals surface area contributed by atoms with Crippen molar-refractivity contribution in [3.8, 4) is 5.69 Å². The van der Waals surface area contributed by atoms with Gasteiger partial charge in [-0.1, -0.05) is 30.5 Å². The second-order valence-corrected chi connectivity index (χ2v) is 6.34. The molecular weight excluding hydrogens is 262 g/mol. The topological polar surface area (TPSA) is 55.6 Å². The van der Waals surface area contributed by atoms with E-state index in [-0.39, 0.29) is 5.54 Å². The first-order valence-corrected chi connectivity index (χ1v) is 7.74. The van der Waals surface area contributed by atoms with Crippen LogP contribution in [0.1, 0.15) is 50.9 Å². The van der Waals surface area contributed by atoms with E-state index >= 15 is 0 Å². The highest BCUT2D eigenvalue weighted by molar-refractivity contribution is 5.35. The van der Waals surface area contributed by atoms with Gasteiger partial charge in [-0.15, -0.1) is 5.10 Å². The van der Waals surface area contributed by atoms with Crippen LogP contribution < -0.4 is 5.32 Å². The largest absolute Gasteiger partial charge is 0.302 e.